The molecule has 0 bridgehead atoms. The van der Waals surface area contributed by atoms with Gasteiger partial charge < -0.3 is 100 Å². The fraction of sp³-hybridized carbons (Fsp3) is 0.731. The van der Waals surface area contributed by atoms with Gasteiger partial charge in [-0.3, -0.25) is 67.1 Å². The molecule has 87 heavy (non-hydrogen) atoms. The van der Waals surface area contributed by atoms with E-state index in [2.05, 4.69) is 5.32 Å². The van der Waals surface area contributed by atoms with Gasteiger partial charge in [0, 0.05) is 96.9 Å². The minimum absolute atomic E-state index is 0.749. The van der Waals surface area contributed by atoms with Gasteiger partial charge in [-0.25, -0.2) is 0 Å². The lowest BCUT2D eigenvalue weighted by Gasteiger charge is -2.51. The molecule has 0 aliphatic carbocycles. The Morgan fingerprint density at radius 3 is 0.839 bits per heavy atom. The van der Waals surface area contributed by atoms with Crippen molar-refractivity contribution in [1.82, 2.24) is 5.32 Å². The first-order chi connectivity index (χ1) is 40.6. The van der Waals surface area contributed by atoms with Crippen LogP contribution in [-0.2, 0) is 162 Å². The summed E-state index contributed by atoms with van der Waals surface area (Å²) in [4.78, 5) is 179. The number of esters is 13. The van der Waals surface area contributed by atoms with Crippen molar-refractivity contribution < 1.29 is 162 Å². The molecule has 4 aliphatic rings. The van der Waals surface area contributed by atoms with Crippen LogP contribution in [0.1, 0.15) is 96.9 Å². The van der Waals surface area contributed by atoms with Crippen molar-refractivity contribution in [2.75, 3.05) is 26.4 Å². The van der Waals surface area contributed by atoms with Gasteiger partial charge in [-0.05, 0) is 0 Å². The number of carbonyl (C=O) groups excluding carboxylic acids is 14. The standard InChI is InChI=1S/C52H71NO34/c1-19(54)53-37-42(74-26(8)61)38(85-51-47(78-30(12)65)43(75-27(9)62)39(72-24(6)59)34(83-51)16-69-21(3)56)33(15-68-20(2)55)81-49(37)87-45-40(73-25(7)60)35(17-70-22(4)57)84-52(48(45)79-31(13)66)86-41-36(18-71-23(5)58)82-50(80-32(14)67)46(77-29(11)64)44(41)76-28(10)63/h33-52H,15-18H2,1-14H3,(H,53,54)/t33-,34-,35-,36-,37-,38-,39+,40+,41-,42-,43+,44+,45+,46-,47-,48-,49+,50+,51+,52+/m1/s1. The van der Waals surface area contributed by atoms with E-state index in [1.807, 2.05) is 0 Å². The van der Waals surface area contributed by atoms with Crippen LogP contribution in [0.15, 0.2) is 0 Å². The maximum Gasteiger partial charge on any atom is 0.305 e. The van der Waals surface area contributed by atoms with Crippen molar-refractivity contribution >= 4 is 83.5 Å². The average Bonchev–Trinajstić information content (AvgIpc) is 0.863. The number of ether oxygens (including phenoxy) is 20. The van der Waals surface area contributed by atoms with Crippen molar-refractivity contribution in [1.29, 1.82) is 0 Å². The molecule has 4 saturated heterocycles. The first-order valence-electron chi connectivity index (χ1n) is 26.6. The van der Waals surface area contributed by atoms with Crippen LogP contribution in [-0.4, -0.2) is 233 Å². The molecule has 0 spiro atoms. The van der Waals surface area contributed by atoms with E-state index >= 15 is 0 Å². The number of hydrogen-bond acceptors (Lipinski definition) is 34. The molecule has 0 aromatic carbocycles. The Kier molecular flexibility index (Phi) is 27.1. The molecule has 0 unspecified atom stereocenters. The Labute approximate surface area is 495 Å². The van der Waals surface area contributed by atoms with Gasteiger partial charge >= 0.3 is 77.6 Å². The van der Waals surface area contributed by atoms with Gasteiger partial charge in [-0.2, -0.15) is 0 Å². The van der Waals surface area contributed by atoms with Crippen LogP contribution in [0.3, 0.4) is 0 Å². The van der Waals surface area contributed by atoms with Crippen LogP contribution in [0.4, 0.5) is 0 Å². The number of amides is 1. The third kappa shape index (κ3) is 21.9. The van der Waals surface area contributed by atoms with Gasteiger partial charge in [0.15, 0.2) is 61.6 Å². The van der Waals surface area contributed by atoms with Crippen LogP contribution in [0.5, 0.6) is 0 Å². The summed E-state index contributed by atoms with van der Waals surface area (Å²) < 4.78 is 116. The third-order valence-corrected chi connectivity index (χ3v) is 12.2. The van der Waals surface area contributed by atoms with Crippen LogP contribution >= 0.6 is 0 Å². The van der Waals surface area contributed by atoms with Crippen molar-refractivity contribution in [3.63, 3.8) is 0 Å². The number of hydrogen-bond donors (Lipinski definition) is 1. The third-order valence-electron chi connectivity index (χ3n) is 12.2. The number of nitrogens with one attached hydrogen (secondary N) is 1. The zero-order chi connectivity index (χ0) is 65.3. The minimum atomic E-state index is -2.21. The molecule has 0 aromatic rings. The fourth-order valence-electron chi connectivity index (χ4n) is 9.41. The summed E-state index contributed by atoms with van der Waals surface area (Å²) >= 11 is 0. The van der Waals surface area contributed by atoms with Gasteiger partial charge in [-0.1, -0.05) is 0 Å². The molecular weight excluding hydrogens is 1180 g/mol. The molecule has 4 aliphatic heterocycles. The van der Waals surface area contributed by atoms with Crippen LogP contribution in [0, 0.1) is 0 Å². The van der Waals surface area contributed by atoms with Crippen molar-refractivity contribution in [3.05, 3.63) is 0 Å². The summed E-state index contributed by atoms with van der Waals surface area (Å²) in [5, 5.41) is 2.51. The zero-order valence-corrected chi connectivity index (χ0v) is 49.8. The lowest BCUT2D eigenvalue weighted by Crippen LogP contribution is -2.71. The Balaban J connectivity index is 2.04. The first-order valence-corrected chi connectivity index (χ1v) is 26.6. The van der Waals surface area contributed by atoms with Crippen LogP contribution in [0.2, 0.25) is 0 Å². The Hall–Kier alpha value is -7.70. The summed E-state index contributed by atoms with van der Waals surface area (Å²) in [6, 6.07) is -1.93. The molecule has 35 nitrogen and oxygen atoms in total. The highest BCUT2D eigenvalue weighted by atomic mass is 16.8. The molecular formula is C52H71NO34. The normalized spacial score (nSPS) is 31.9. The predicted molar refractivity (Wildman–Crippen MR) is 270 cm³/mol. The van der Waals surface area contributed by atoms with Crippen molar-refractivity contribution in [2.24, 2.45) is 0 Å². The van der Waals surface area contributed by atoms with E-state index in [0.29, 0.717) is 0 Å². The van der Waals surface area contributed by atoms with Gasteiger partial charge in [0.25, 0.3) is 0 Å². The van der Waals surface area contributed by atoms with Gasteiger partial charge in [0.1, 0.15) is 75.2 Å². The smallest absolute Gasteiger partial charge is 0.305 e. The van der Waals surface area contributed by atoms with E-state index in [4.69, 9.17) is 94.7 Å². The van der Waals surface area contributed by atoms with E-state index in [0.717, 1.165) is 96.9 Å². The fourth-order valence-corrected chi connectivity index (χ4v) is 9.41. The zero-order valence-electron chi connectivity index (χ0n) is 49.8. The maximum atomic E-state index is 13.4. The molecule has 4 fully saturated rings. The molecule has 4 rings (SSSR count). The quantitative estimate of drug-likeness (QED) is 0.0792. The molecule has 35 heteroatoms. The van der Waals surface area contributed by atoms with E-state index in [-0.39, 0.29) is 0 Å². The Morgan fingerprint density at radius 2 is 0.494 bits per heavy atom. The summed E-state index contributed by atoms with van der Waals surface area (Å²) in [6.45, 7) is 9.97. The van der Waals surface area contributed by atoms with E-state index < -0.39 is 233 Å². The predicted octanol–water partition coefficient (Wildman–Crippen LogP) is -2.18. The Morgan fingerprint density at radius 1 is 0.253 bits per heavy atom. The average molecular weight is 1250 g/mol. The molecule has 1 N–H and O–H groups in total. The van der Waals surface area contributed by atoms with Gasteiger partial charge in [0.2, 0.25) is 18.3 Å². The van der Waals surface area contributed by atoms with Crippen LogP contribution in [0.25, 0.3) is 0 Å². The Bertz CT molecular complexity index is 2540. The number of rotatable bonds is 24. The van der Waals surface area contributed by atoms with Crippen molar-refractivity contribution in [2.45, 2.75) is 220 Å². The summed E-state index contributed by atoms with van der Waals surface area (Å²) in [5.74, 6) is -14.3. The summed E-state index contributed by atoms with van der Waals surface area (Å²) in [5.41, 5.74) is 0. The second-order valence-electron chi connectivity index (χ2n) is 19.6. The SMILES string of the molecule is CC(=O)N[C@H]1[C@H](O[C@H]2[C@@H](OC(C)=O)[C@@H](COC(C)=O)O[C@@H](O[C@H]3[C@H](OC(C)=O)[C@@H](OC(C)=O)[C@@H](OC(C)=O)O[C@@H]3COC(C)=O)[C@@H]2OC(C)=O)O[C@H](COC(C)=O)[C@@H](O[C@@H]2O[C@H](COC(C)=O)[C@H](OC(C)=O)[C@H](OC(C)=O)[C@H]2OC(C)=O)[C@@H]1OC(C)=O. The molecule has 20 atom stereocenters. The van der Waals surface area contributed by atoms with E-state index in [1.165, 1.54) is 0 Å². The summed E-state index contributed by atoms with van der Waals surface area (Å²) in [6.07, 6.45) is -36.8. The van der Waals surface area contributed by atoms with E-state index in [1.54, 1.807) is 0 Å². The highest BCUT2D eigenvalue weighted by Gasteiger charge is 2.61. The monoisotopic (exact) mass is 1250 g/mol. The largest absolute Gasteiger partial charge is 0.463 e. The summed E-state index contributed by atoms with van der Waals surface area (Å²) in [7, 11) is 0. The van der Waals surface area contributed by atoms with Gasteiger partial charge in [0.05, 0.1) is 0 Å². The molecule has 0 saturated carbocycles. The molecule has 488 valence electrons. The lowest BCUT2D eigenvalue weighted by atomic mass is 9.93. The van der Waals surface area contributed by atoms with Crippen LogP contribution < -0.4 is 5.32 Å². The highest BCUT2D eigenvalue weighted by Crippen LogP contribution is 2.40. The number of carbonyl (C=O) groups is 14. The van der Waals surface area contributed by atoms with Gasteiger partial charge in [-0.15, -0.1) is 0 Å². The maximum absolute atomic E-state index is 13.4. The molecule has 1 amide bonds. The van der Waals surface area contributed by atoms with Crippen molar-refractivity contribution in [3.8, 4) is 0 Å². The molecule has 0 radical (unpaired) electrons. The topological polar surface area (TPSA) is 436 Å². The lowest BCUT2D eigenvalue weighted by molar-refractivity contribution is -0.380. The first kappa shape index (κ1) is 71.8. The second-order valence-corrected chi connectivity index (χ2v) is 19.6. The highest BCUT2D eigenvalue weighted by molar-refractivity contribution is 5.74. The molecule has 4 heterocycles. The second kappa shape index (κ2) is 32.9. The molecule has 0 aromatic heterocycles. The minimum Gasteiger partial charge on any atom is -0.463 e. The van der Waals surface area contributed by atoms with E-state index in [9.17, 15) is 67.1 Å².